The van der Waals surface area contributed by atoms with Crippen molar-refractivity contribution in [2.75, 3.05) is 0 Å². The Morgan fingerprint density at radius 3 is 0.806 bits per heavy atom. The van der Waals surface area contributed by atoms with Gasteiger partial charge in [0, 0.05) is 43.7 Å². The highest BCUT2D eigenvalue weighted by molar-refractivity contribution is 6.14. The van der Waals surface area contributed by atoms with Gasteiger partial charge in [0.25, 0.3) is 0 Å². The molecule has 0 N–H and O–H groups in total. The first-order valence-electron chi connectivity index (χ1n) is 34.4. The molecule has 2 aromatic heterocycles. The fourth-order valence-electron chi connectivity index (χ4n) is 16.6. The largest absolute Gasteiger partial charge is 0.309 e. The second kappa shape index (κ2) is 22.2. The van der Waals surface area contributed by atoms with E-state index in [1.807, 2.05) is 0 Å². The minimum atomic E-state index is -0.163. The van der Waals surface area contributed by atoms with Crippen LogP contribution in [0, 0.1) is 0 Å². The van der Waals surface area contributed by atoms with E-state index in [1.165, 1.54) is 177 Å². The fourth-order valence-corrected chi connectivity index (χ4v) is 16.6. The summed E-state index contributed by atoms with van der Waals surface area (Å²) in [6.45, 7) is 9.55. The van der Waals surface area contributed by atoms with E-state index in [0.717, 1.165) is 11.4 Å². The average molecular weight is 1250 g/mol. The van der Waals surface area contributed by atoms with Gasteiger partial charge in [0.05, 0.1) is 22.1 Å². The number of hydrogen-bond acceptors (Lipinski definition) is 0. The Labute approximate surface area is 572 Å². The first-order valence-corrected chi connectivity index (χ1v) is 34.4. The maximum Gasteiger partial charge on any atom is 0.0544 e. The number of fused-ring (bicyclic) bond motifs is 12. The summed E-state index contributed by atoms with van der Waals surface area (Å²) < 4.78 is 5.04. The summed E-state index contributed by atoms with van der Waals surface area (Å²) in [5.74, 6) is 0. The van der Waals surface area contributed by atoms with Crippen LogP contribution in [0.3, 0.4) is 0 Å². The highest BCUT2D eigenvalue weighted by Gasteiger charge is 2.38. The van der Waals surface area contributed by atoms with Gasteiger partial charge in [-0.05, 0) is 243 Å². The third-order valence-corrected chi connectivity index (χ3v) is 21.7. The molecule has 0 amide bonds. The van der Waals surface area contributed by atoms with E-state index in [2.05, 4.69) is 377 Å². The fraction of sp³-hybridized carbons (Fsp3) is 0.0625. The van der Waals surface area contributed by atoms with Gasteiger partial charge in [-0.1, -0.05) is 258 Å². The molecule has 98 heavy (non-hydrogen) atoms. The Hall–Kier alpha value is -12.1. The zero-order valence-corrected chi connectivity index (χ0v) is 55.2. The second-order valence-electron chi connectivity index (χ2n) is 28.0. The highest BCUT2D eigenvalue weighted by atomic mass is 15.0. The van der Waals surface area contributed by atoms with Gasteiger partial charge in [0.1, 0.15) is 0 Å². The predicted molar refractivity (Wildman–Crippen MR) is 414 cm³/mol. The Morgan fingerprint density at radius 2 is 0.449 bits per heavy atom. The number of nitrogens with zero attached hydrogens (tertiary/aromatic N) is 2. The molecule has 0 radical (unpaired) electrons. The first kappa shape index (κ1) is 57.4. The smallest absolute Gasteiger partial charge is 0.0544 e. The van der Waals surface area contributed by atoms with Gasteiger partial charge in [0.2, 0.25) is 0 Å². The molecule has 0 aliphatic heterocycles. The number of benzene rings is 15. The van der Waals surface area contributed by atoms with Gasteiger partial charge in [-0.25, -0.2) is 0 Å². The normalized spacial score (nSPS) is 13.3. The topological polar surface area (TPSA) is 9.86 Å². The molecule has 0 unspecified atom stereocenters. The average Bonchev–Trinajstić information content (AvgIpc) is 1.56. The number of rotatable bonds is 10. The number of aromatic nitrogens is 2. The summed E-state index contributed by atoms with van der Waals surface area (Å²) in [7, 11) is 0. The number of hydrogen-bond donors (Lipinski definition) is 0. The van der Waals surface area contributed by atoms with Crippen molar-refractivity contribution in [2.24, 2.45) is 0 Å². The molecule has 2 heteroatoms. The summed E-state index contributed by atoms with van der Waals surface area (Å²) in [5.41, 5.74) is 36.5. The summed E-state index contributed by atoms with van der Waals surface area (Å²) in [5, 5.41) is 4.96. The zero-order valence-electron chi connectivity index (χ0n) is 55.2. The molecule has 19 rings (SSSR count). The summed E-state index contributed by atoms with van der Waals surface area (Å²) in [6, 6.07) is 127. The first-order chi connectivity index (χ1) is 48.1. The zero-order chi connectivity index (χ0) is 65.4. The molecule has 2 aliphatic rings. The molecular weight excluding hydrogens is 1180 g/mol. The van der Waals surface area contributed by atoms with Crippen molar-refractivity contribution in [3.63, 3.8) is 0 Å². The molecule has 0 saturated heterocycles. The van der Waals surface area contributed by atoms with E-state index in [0.29, 0.717) is 0 Å². The van der Waals surface area contributed by atoms with E-state index in [9.17, 15) is 0 Å². The molecule has 462 valence electrons. The molecule has 0 fully saturated rings. The third kappa shape index (κ3) is 9.23. The Bertz CT molecular complexity index is 5570. The molecule has 2 aliphatic carbocycles. The van der Waals surface area contributed by atoms with Crippen LogP contribution in [-0.2, 0) is 10.8 Å². The monoisotopic (exact) mass is 1250 g/mol. The molecular formula is C96H68N2. The van der Waals surface area contributed by atoms with Crippen LogP contribution in [0.2, 0.25) is 0 Å². The van der Waals surface area contributed by atoms with Crippen LogP contribution < -0.4 is 0 Å². The molecule has 0 atom stereocenters. The van der Waals surface area contributed by atoms with Crippen LogP contribution >= 0.6 is 0 Å². The van der Waals surface area contributed by atoms with Gasteiger partial charge >= 0.3 is 0 Å². The van der Waals surface area contributed by atoms with Crippen molar-refractivity contribution >= 4 is 43.6 Å². The van der Waals surface area contributed by atoms with Crippen LogP contribution in [0.5, 0.6) is 0 Å². The van der Waals surface area contributed by atoms with Gasteiger partial charge in [-0.2, -0.15) is 0 Å². The molecule has 0 spiro atoms. The minimum Gasteiger partial charge on any atom is -0.309 e. The second-order valence-corrected chi connectivity index (χ2v) is 28.0. The highest BCUT2D eigenvalue weighted by Crippen LogP contribution is 2.54. The van der Waals surface area contributed by atoms with Crippen LogP contribution in [0.15, 0.2) is 340 Å². The lowest BCUT2D eigenvalue weighted by molar-refractivity contribution is 0.661. The van der Waals surface area contributed by atoms with Crippen LogP contribution in [0.1, 0.15) is 49.9 Å². The molecule has 2 nitrogen and oxygen atoms in total. The maximum absolute atomic E-state index is 2.52. The Kier molecular flexibility index (Phi) is 13.0. The SMILES string of the molecule is CC1(C)c2ccccc2-c2cc3c4cc(-c5ccc(-c6ccc7c(c6)c6cc8c(cc6n7-c6cccc(-c7cc(-c9ccccc9)cc(-c9ccccc9)c7)c6)C(C)(C)c6ccccc6-8)cc5)ccc4n(-c4cccc(-c5cc(-c6ccccc6)cc(-c6ccccc6)c5)c4)c3cc21. The van der Waals surface area contributed by atoms with E-state index in [4.69, 9.17) is 0 Å². The van der Waals surface area contributed by atoms with Crippen molar-refractivity contribution in [1.29, 1.82) is 0 Å². The molecule has 15 aromatic carbocycles. The molecule has 0 saturated carbocycles. The van der Waals surface area contributed by atoms with Gasteiger partial charge in [0.15, 0.2) is 0 Å². The van der Waals surface area contributed by atoms with Crippen LogP contribution in [-0.4, -0.2) is 9.13 Å². The van der Waals surface area contributed by atoms with Crippen molar-refractivity contribution in [2.45, 2.75) is 38.5 Å². The molecule has 17 aromatic rings. The molecule has 0 bridgehead atoms. The molecule has 2 heterocycles. The van der Waals surface area contributed by atoms with Gasteiger partial charge in [-0.15, -0.1) is 0 Å². The van der Waals surface area contributed by atoms with E-state index in [-0.39, 0.29) is 10.8 Å². The third-order valence-electron chi connectivity index (χ3n) is 21.7. The summed E-state index contributed by atoms with van der Waals surface area (Å²) in [6.07, 6.45) is 0. The van der Waals surface area contributed by atoms with E-state index < -0.39 is 0 Å². The lowest BCUT2D eigenvalue weighted by Gasteiger charge is -2.21. The quantitative estimate of drug-likeness (QED) is 0.129. The van der Waals surface area contributed by atoms with Crippen LogP contribution in [0.4, 0.5) is 0 Å². The van der Waals surface area contributed by atoms with Crippen molar-refractivity contribution in [1.82, 2.24) is 9.13 Å². The minimum absolute atomic E-state index is 0.163. The standard InChI is InChI=1S/C96H68N2/c1-95(2)87-37-19-17-35-79(87)81-57-85-83-55-69(43-45-91(83)97(93(85)59-89(81)95)77-33-21-31-67(53-77)75-49-71(61-23-9-5-10-24-61)47-72(50-75)62-25-11-6-12-26-62)65-39-41-66(42-40-65)70-44-46-92-84(56-70)86-58-82-80-36-18-20-38-88(80)96(3,4)90(82)60-94(86)98(92)78-34-22-32-68(54-78)76-51-73(63-27-13-7-14-28-63)48-74(52-76)64-29-15-8-16-30-64/h5-60H,1-4H3. The van der Waals surface area contributed by atoms with Gasteiger partial charge in [-0.3, -0.25) is 0 Å². The van der Waals surface area contributed by atoms with E-state index in [1.54, 1.807) is 0 Å². The lowest BCUT2D eigenvalue weighted by atomic mass is 9.82. The lowest BCUT2D eigenvalue weighted by Crippen LogP contribution is -2.14. The maximum atomic E-state index is 2.52. The Morgan fingerprint density at radius 1 is 0.173 bits per heavy atom. The summed E-state index contributed by atoms with van der Waals surface area (Å²) in [4.78, 5) is 0. The summed E-state index contributed by atoms with van der Waals surface area (Å²) >= 11 is 0. The van der Waals surface area contributed by atoms with Crippen molar-refractivity contribution in [3.05, 3.63) is 362 Å². The van der Waals surface area contributed by atoms with Crippen LogP contribution in [0.25, 0.3) is 166 Å². The van der Waals surface area contributed by atoms with E-state index >= 15 is 0 Å². The van der Waals surface area contributed by atoms with Crippen molar-refractivity contribution < 1.29 is 0 Å². The van der Waals surface area contributed by atoms with Crippen molar-refractivity contribution in [3.8, 4) is 123 Å². The Balaban J connectivity index is 0.729. The predicted octanol–water partition coefficient (Wildman–Crippen LogP) is 25.8. The van der Waals surface area contributed by atoms with Gasteiger partial charge < -0.3 is 9.13 Å².